The number of hydrogen-bond acceptors (Lipinski definition) is 5. The average molecular weight is 500 g/mol. The van der Waals surface area contributed by atoms with E-state index >= 15 is 0 Å². The molecule has 5 nitrogen and oxygen atoms in total. The second kappa shape index (κ2) is 8.51. The highest BCUT2D eigenvalue weighted by Crippen LogP contribution is 2.35. The predicted molar refractivity (Wildman–Crippen MR) is 97.2 cm³/mol. The highest BCUT2D eigenvalue weighted by molar-refractivity contribution is 14.2. The van der Waals surface area contributed by atoms with Gasteiger partial charge in [-0.3, -0.25) is 9.59 Å². The molecule has 22 heavy (non-hydrogen) atoms. The molecule has 0 aromatic heterocycles. The molecule has 0 spiro atoms. The minimum absolute atomic E-state index is 0.0727. The van der Waals surface area contributed by atoms with Gasteiger partial charge in [-0.25, -0.2) is 0 Å². The fourth-order valence-corrected chi connectivity index (χ4v) is 3.40. The first kappa shape index (κ1) is 18.0. The minimum atomic E-state index is -0.437. The van der Waals surface area contributed by atoms with Crippen LogP contribution >= 0.6 is 46.1 Å². The molecule has 8 heteroatoms. The number of rotatable bonds is 7. The number of esters is 1. The summed E-state index contributed by atoms with van der Waals surface area (Å²) in [5.41, 5.74) is 1.49. The van der Waals surface area contributed by atoms with Crippen molar-refractivity contribution in [2.45, 2.75) is 6.04 Å². The van der Waals surface area contributed by atoms with E-state index in [1.165, 1.54) is 12.0 Å². The van der Waals surface area contributed by atoms with Crippen molar-refractivity contribution in [1.29, 1.82) is 0 Å². The molecule has 1 amide bonds. The number of halogens is 2. The van der Waals surface area contributed by atoms with Crippen molar-refractivity contribution in [2.24, 2.45) is 0 Å². The number of carbonyl (C=O) groups excluding carboxylic acids is 2. The molecule has 1 atom stereocenters. The minimum Gasteiger partial charge on any atom is -0.468 e. The molecule has 1 aliphatic rings. The maximum atomic E-state index is 12.5. The number of hydrogen-bond donors (Lipinski definition) is 0. The SMILES string of the molecule is COC(=O)CN1C(=O)c2cc(Br)ccc2C1COCCSI. The lowest BCUT2D eigenvalue weighted by molar-refractivity contribution is -0.142. The Morgan fingerprint density at radius 3 is 2.95 bits per heavy atom. The zero-order valence-electron chi connectivity index (χ0n) is 11.9. The van der Waals surface area contributed by atoms with E-state index in [1.807, 2.05) is 12.1 Å². The largest absolute Gasteiger partial charge is 0.468 e. The highest BCUT2D eigenvalue weighted by Gasteiger charge is 2.38. The lowest BCUT2D eigenvalue weighted by atomic mass is 10.1. The molecule has 0 fully saturated rings. The number of amides is 1. The molecular weight excluding hydrogens is 485 g/mol. The third-order valence-corrected chi connectivity index (χ3v) is 5.48. The zero-order valence-corrected chi connectivity index (χ0v) is 16.4. The van der Waals surface area contributed by atoms with Crippen LogP contribution in [0.2, 0.25) is 0 Å². The molecule has 1 aromatic rings. The molecule has 0 radical (unpaired) electrons. The van der Waals surface area contributed by atoms with E-state index in [1.54, 1.807) is 15.0 Å². The fourth-order valence-electron chi connectivity index (χ4n) is 2.32. The van der Waals surface area contributed by atoms with Crippen LogP contribution in [-0.4, -0.2) is 49.4 Å². The van der Waals surface area contributed by atoms with Gasteiger partial charge >= 0.3 is 5.97 Å². The van der Waals surface area contributed by atoms with Crippen LogP contribution in [0.15, 0.2) is 22.7 Å². The van der Waals surface area contributed by atoms with Gasteiger partial charge < -0.3 is 14.4 Å². The summed E-state index contributed by atoms with van der Waals surface area (Å²) in [6, 6.07) is 5.31. The van der Waals surface area contributed by atoms with Gasteiger partial charge in [-0.05, 0) is 38.9 Å². The van der Waals surface area contributed by atoms with Crippen LogP contribution in [0, 0.1) is 0 Å². The van der Waals surface area contributed by atoms with Gasteiger partial charge in [0.1, 0.15) is 6.54 Å². The molecular formula is C14H15BrINO4S. The van der Waals surface area contributed by atoms with E-state index in [2.05, 4.69) is 41.9 Å². The summed E-state index contributed by atoms with van der Waals surface area (Å²) in [4.78, 5) is 25.6. The summed E-state index contributed by atoms with van der Waals surface area (Å²) in [6.07, 6.45) is 0. The Morgan fingerprint density at radius 1 is 1.50 bits per heavy atom. The second-order valence-corrected chi connectivity index (χ2v) is 8.06. The molecule has 0 saturated carbocycles. The Hall–Kier alpha value is -0.320. The highest BCUT2D eigenvalue weighted by atomic mass is 127. The van der Waals surface area contributed by atoms with Crippen LogP contribution in [0.4, 0.5) is 0 Å². The fraction of sp³-hybridized carbons (Fsp3) is 0.429. The van der Waals surface area contributed by atoms with E-state index in [-0.39, 0.29) is 18.5 Å². The van der Waals surface area contributed by atoms with E-state index in [4.69, 9.17) is 4.74 Å². The summed E-state index contributed by atoms with van der Waals surface area (Å²) in [6.45, 7) is 0.904. The molecule has 1 heterocycles. The molecule has 1 aromatic carbocycles. The van der Waals surface area contributed by atoms with Crippen LogP contribution in [0.5, 0.6) is 0 Å². The van der Waals surface area contributed by atoms with Gasteiger partial charge in [-0.1, -0.05) is 30.9 Å². The van der Waals surface area contributed by atoms with Crippen molar-refractivity contribution in [1.82, 2.24) is 4.90 Å². The van der Waals surface area contributed by atoms with Crippen LogP contribution < -0.4 is 0 Å². The Balaban J connectivity index is 2.20. The summed E-state index contributed by atoms with van der Waals surface area (Å²) >= 11 is 5.59. The first-order valence-corrected chi connectivity index (χ1v) is 10.9. The second-order valence-electron chi connectivity index (χ2n) is 4.64. The van der Waals surface area contributed by atoms with Crippen molar-refractivity contribution in [3.05, 3.63) is 33.8 Å². The number of carbonyl (C=O) groups is 2. The van der Waals surface area contributed by atoms with Crippen molar-refractivity contribution < 1.29 is 19.1 Å². The number of benzene rings is 1. The maximum absolute atomic E-state index is 12.5. The Kier molecular flexibility index (Phi) is 6.97. The molecule has 2 rings (SSSR count). The number of ether oxygens (including phenoxy) is 2. The van der Waals surface area contributed by atoms with Gasteiger partial charge in [-0.2, -0.15) is 0 Å². The molecule has 1 aliphatic heterocycles. The Bertz CT molecular complexity index is 572. The predicted octanol–water partition coefficient (Wildman–Crippen LogP) is 3.22. The Morgan fingerprint density at radius 2 is 2.27 bits per heavy atom. The molecule has 0 N–H and O–H groups in total. The third-order valence-electron chi connectivity index (χ3n) is 3.35. The summed E-state index contributed by atoms with van der Waals surface area (Å²) in [5.74, 6) is 0.275. The lowest BCUT2D eigenvalue weighted by Gasteiger charge is -2.24. The van der Waals surface area contributed by atoms with Crippen LogP contribution in [0.1, 0.15) is 22.0 Å². The van der Waals surface area contributed by atoms with Crippen molar-refractivity contribution in [2.75, 3.05) is 32.6 Å². The molecule has 1 unspecified atom stereocenters. The summed E-state index contributed by atoms with van der Waals surface area (Å²) < 4.78 is 11.2. The topological polar surface area (TPSA) is 55.8 Å². The van der Waals surface area contributed by atoms with E-state index in [0.29, 0.717) is 18.8 Å². The van der Waals surface area contributed by atoms with Crippen molar-refractivity contribution in [3.63, 3.8) is 0 Å². The summed E-state index contributed by atoms with van der Waals surface area (Å²) in [7, 11) is 2.99. The van der Waals surface area contributed by atoms with E-state index < -0.39 is 5.97 Å². The van der Waals surface area contributed by atoms with Gasteiger partial charge in [0, 0.05) is 15.8 Å². The zero-order chi connectivity index (χ0) is 16.1. The van der Waals surface area contributed by atoms with Gasteiger partial charge in [0.15, 0.2) is 0 Å². The van der Waals surface area contributed by atoms with E-state index in [0.717, 1.165) is 15.8 Å². The van der Waals surface area contributed by atoms with E-state index in [9.17, 15) is 9.59 Å². The smallest absolute Gasteiger partial charge is 0.325 e. The molecule has 0 aliphatic carbocycles. The first-order chi connectivity index (χ1) is 10.6. The third kappa shape index (κ3) is 4.15. The Labute approximate surface area is 153 Å². The monoisotopic (exact) mass is 499 g/mol. The quantitative estimate of drug-likeness (QED) is 0.327. The first-order valence-electron chi connectivity index (χ1n) is 6.57. The lowest BCUT2D eigenvalue weighted by Crippen LogP contribution is -2.35. The molecule has 0 bridgehead atoms. The van der Waals surface area contributed by atoms with Crippen LogP contribution in [0.3, 0.4) is 0 Å². The molecule has 0 saturated heterocycles. The standard InChI is InChI=1S/C14H15BrINO4S/c1-20-13(18)7-17-12(8-21-4-5-22-16)10-3-2-9(15)6-11(10)14(17)19/h2-3,6,12H,4-5,7-8H2,1H3. The maximum Gasteiger partial charge on any atom is 0.325 e. The van der Waals surface area contributed by atoms with Gasteiger partial charge in [0.25, 0.3) is 5.91 Å². The van der Waals surface area contributed by atoms with Crippen LogP contribution in [0.25, 0.3) is 0 Å². The van der Waals surface area contributed by atoms with Crippen LogP contribution in [-0.2, 0) is 14.3 Å². The average Bonchev–Trinajstić information content (AvgIpc) is 2.76. The normalized spacial score (nSPS) is 16.8. The number of fused-ring (bicyclic) bond motifs is 1. The number of nitrogens with zero attached hydrogens (tertiary/aromatic N) is 1. The van der Waals surface area contributed by atoms with Gasteiger partial charge in [0.2, 0.25) is 0 Å². The van der Waals surface area contributed by atoms with Crippen molar-refractivity contribution >= 4 is 57.9 Å². The van der Waals surface area contributed by atoms with Crippen molar-refractivity contribution in [3.8, 4) is 0 Å². The van der Waals surface area contributed by atoms with Gasteiger partial charge in [0.05, 0.1) is 26.4 Å². The number of methoxy groups -OCH3 is 1. The van der Waals surface area contributed by atoms with Gasteiger partial charge in [-0.15, -0.1) is 0 Å². The molecule has 120 valence electrons. The summed E-state index contributed by atoms with van der Waals surface area (Å²) in [5, 5.41) is 0.